The largest absolute Gasteiger partial charge is 0.586 e. The number of ether oxygens (including phenoxy) is 2. The molecule has 4 aromatic rings. The van der Waals surface area contributed by atoms with Crippen LogP contribution in [-0.2, 0) is 17.9 Å². The van der Waals surface area contributed by atoms with Crippen LogP contribution in [-0.4, -0.2) is 43.6 Å². The van der Waals surface area contributed by atoms with E-state index in [-0.39, 0.29) is 30.2 Å². The molecule has 1 aliphatic rings. The summed E-state index contributed by atoms with van der Waals surface area (Å²) in [5, 5.41) is 14.1. The molecule has 3 heterocycles. The fourth-order valence-electron chi connectivity index (χ4n) is 4.09. The number of aliphatic hydroxyl groups is 1. The molecule has 0 atom stereocenters. The second-order valence-corrected chi connectivity index (χ2v) is 8.17. The van der Waals surface area contributed by atoms with Gasteiger partial charge in [0.1, 0.15) is 23.3 Å². The summed E-state index contributed by atoms with van der Waals surface area (Å²) in [6.45, 7) is 3.18. The molecule has 10 nitrogen and oxygen atoms in total. The molecular weight excluding hydrogens is 476 g/mol. The molecule has 36 heavy (non-hydrogen) atoms. The lowest BCUT2D eigenvalue weighted by Gasteiger charge is -2.21. The van der Waals surface area contributed by atoms with Crippen molar-refractivity contribution < 1.29 is 28.2 Å². The number of hydrogen-bond acceptors (Lipinski definition) is 7. The van der Waals surface area contributed by atoms with Gasteiger partial charge < -0.3 is 24.5 Å². The molecule has 0 unspecified atom stereocenters. The minimum Gasteiger partial charge on any atom is -0.395 e. The quantitative estimate of drug-likeness (QED) is 0.420. The number of amides is 1. The molecule has 186 valence electrons. The van der Waals surface area contributed by atoms with Gasteiger partial charge in [-0.25, -0.2) is 9.67 Å². The Kier molecular flexibility index (Phi) is 5.67. The normalized spacial score (nSPS) is 13.8. The third kappa shape index (κ3) is 4.05. The lowest BCUT2D eigenvalue weighted by Crippen LogP contribution is -2.37. The van der Waals surface area contributed by atoms with Gasteiger partial charge in [0.2, 0.25) is 5.91 Å². The van der Waals surface area contributed by atoms with Gasteiger partial charge in [0.05, 0.1) is 12.9 Å². The molecule has 5 rings (SSSR count). The van der Waals surface area contributed by atoms with Crippen molar-refractivity contribution in [2.75, 3.05) is 11.4 Å². The van der Waals surface area contributed by atoms with E-state index in [0.717, 1.165) is 10.2 Å². The van der Waals surface area contributed by atoms with Crippen molar-refractivity contribution in [1.82, 2.24) is 19.7 Å². The number of carbonyl (C=O) groups is 1. The Hall–Kier alpha value is -4.32. The molecule has 0 bridgehead atoms. The monoisotopic (exact) mass is 497 g/mol. The average molecular weight is 497 g/mol. The number of halogens is 2. The molecule has 1 aliphatic heterocycles. The van der Waals surface area contributed by atoms with Gasteiger partial charge in [-0.05, 0) is 43.2 Å². The Bertz CT molecular complexity index is 1550. The second-order valence-electron chi connectivity index (χ2n) is 8.17. The summed E-state index contributed by atoms with van der Waals surface area (Å²) in [5.41, 5.74) is 2.82. The SMILES string of the molecule is CCN(C(=O)Cn1nc(-c2ccc(C)c(CO)c2)c2nc[nH]c2c1=O)c1ccc2c(c1)OC(F)(F)O2. The Morgan fingerprint density at radius 2 is 1.97 bits per heavy atom. The zero-order chi connectivity index (χ0) is 25.6. The van der Waals surface area contributed by atoms with Crippen molar-refractivity contribution >= 4 is 22.6 Å². The van der Waals surface area contributed by atoms with Crippen molar-refractivity contribution in [3.8, 4) is 22.8 Å². The van der Waals surface area contributed by atoms with Crippen LogP contribution in [0.25, 0.3) is 22.3 Å². The van der Waals surface area contributed by atoms with Gasteiger partial charge in [0.25, 0.3) is 5.56 Å². The van der Waals surface area contributed by atoms with E-state index in [1.165, 1.54) is 29.4 Å². The summed E-state index contributed by atoms with van der Waals surface area (Å²) in [6.07, 6.45) is -2.41. The fourth-order valence-corrected chi connectivity index (χ4v) is 4.09. The van der Waals surface area contributed by atoms with Gasteiger partial charge >= 0.3 is 6.29 Å². The number of nitrogens with one attached hydrogen (secondary N) is 1. The number of nitrogens with zero attached hydrogens (tertiary/aromatic N) is 4. The van der Waals surface area contributed by atoms with Crippen LogP contribution in [0.5, 0.6) is 11.5 Å². The first kappa shape index (κ1) is 23.4. The Balaban J connectivity index is 1.51. The molecule has 0 aliphatic carbocycles. The van der Waals surface area contributed by atoms with Gasteiger partial charge in [0.15, 0.2) is 11.5 Å². The van der Waals surface area contributed by atoms with Crippen molar-refractivity contribution in [3.63, 3.8) is 0 Å². The van der Waals surface area contributed by atoms with Crippen LogP contribution in [0.3, 0.4) is 0 Å². The number of likely N-dealkylation sites (N-methyl/N-ethyl adjacent to an activating group) is 1. The lowest BCUT2D eigenvalue weighted by molar-refractivity contribution is -0.286. The van der Waals surface area contributed by atoms with Gasteiger partial charge in [-0.1, -0.05) is 12.1 Å². The number of carbonyl (C=O) groups excluding carboxylic acids is 1. The standard InChI is InChI=1S/C24H21F2N5O5/c1-3-30(16-6-7-17-18(9-16)36-24(25,26)35-17)19(33)10-31-23(34)22-21(27-12-28-22)20(29-31)14-5-4-13(2)15(8-14)11-32/h4-9,12,32H,3,10-11H2,1-2H3,(H,27,28). The van der Waals surface area contributed by atoms with Gasteiger partial charge in [-0.3, -0.25) is 9.59 Å². The molecule has 0 saturated heterocycles. The van der Waals surface area contributed by atoms with Gasteiger partial charge in [-0.2, -0.15) is 5.10 Å². The molecule has 0 radical (unpaired) electrons. The van der Waals surface area contributed by atoms with E-state index in [9.17, 15) is 23.5 Å². The maximum Gasteiger partial charge on any atom is 0.586 e. The van der Waals surface area contributed by atoms with Crippen LogP contribution in [0.2, 0.25) is 0 Å². The van der Waals surface area contributed by atoms with Crippen molar-refractivity contribution in [1.29, 1.82) is 0 Å². The van der Waals surface area contributed by atoms with Crippen LogP contribution in [0.15, 0.2) is 47.5 Å². The first-order valence-corrected chi connectivity index (χ1v) is 11.1. The van der Waals surface area contributed by atoms with E-state index in [1.54, 1.807) is 19.1 Å². The number of anilines is 1. The summed E-state index contributed by atoms with van der Waals surface area (Å²) in [6, 6.07) is 9.39. The van der Waals surface area contributed by atoms with Crippen LogP contribution >= 0.6 is 0 Å². The summed E-state index contributed by atoms with van der Waals surface area (Å²) in [7, 11) is 0. The number of benzene rings is 2. The molecule has 0 spiro atoms. The maximum absolute atomic E-state index is 13.4. The van der Waals surface area contributed by atoms with E-state index in [1.807, 2.05) is 13.0 Å². The summed E-state index contributed by atoms with van der Waals surface area (Å²) < 4.78 is 36.7. The number of hydrogen-bond donors (Lipinski definition) is 2. The molecule has 2 aromatic heterocycles. The number of aryl methyl sites for hydroxylation is 1. The molecule has 2 N–H and O–H groups in total. The lowest BCUT2D eigenvalue weighted by atomic mass is 10.0. The van der Waals surface area contributed by atoms with E-state index >= 15 is 0 Å². The number of aromatic nitrogens is 4. The van der Waals surface area contributed by atoms with Crippen LogP contribution in [0.4, 0.5) is 14.5 Å². The van der Waals surface area contributed by atoms with Crippen LogP contribution in [0, 0.1) is 6.92 Å². The summed E-state index contributed by atoms with van der Waals surface area (Å²) in [4.78, 5) is 34.6. The second kappa shape index (κ2) is 8.72. The highest BCUT2D eigenvalue weighted by atomic mass is 19.3. The molecule has 0 fully saturated rings. The van der Waals surface area contributed by atoms with E-state index in [4.69, 9.17) is 0 Å². The Labute approximate surface area is 202 Å². The Morgan fingerprint density at radius 1 is 1.19 bits per heavy atom. The number of rotatable bonds is 6. The van der Waals surface area contributed by atoms with E-state index < -0.39 is 24.3 Å². The highest BCUT2D eigenvalue weighted by Gasteiger charge is 2.43. The number of alkyl halides is 2. The van der Waals surface area contributed by atoms with Crippen molar-refractivity contribution in [2.45, 2.75) is 33.3 Å². The third-order valence-electron chi connectivity index (χ3n) is 5.92. The number of H-pyrrole nitrogens is 1. The van der Waals surface area contributed by atoms with Crippen LogP contribution in [0.1, 0.15) is 18.1 Å². The third-order valence-corrected chi connectivity index (χ3v) is 5.92. The van der Waals surface area contributed by atoms with Crippen molar-refractivity contribution in [2.24, 2.45) is 0 Å². The smallest absolute Gasteiger partial charge is 0.395 e. The highest BCUT2D eigenvalue weighted by molar-refractivity contribution is 5.94. The van der Waals surface area contributed by atoms with Gasteiger partial charge in [0, 0.05) is 23.9 Å². The molecule has 0 saturated carbocycles. The average Bonchev–Trinajstić information content (AvgIpc) is 3.45. The van der Waals surface area contributed by atoms with E-state index in [0.29, 0.717) is 28.0 Å². The predicted octanol–water partition coefficient (Wildman–Crippen LogP) is 2.96. The minimum atomic E-state index is -3.78. The summed E-state index contributed by atoms with van der Waals surface area (Å²) >= 11 is 0. The maximum atomic E-state index is 13.4. The number of fused-ring (bicyclic) bond motifs is 2. The fraction of sp³-hybridized carbons (Fsp3) is 0.250. The molecular formula is C24H21F2N5O5. The number of aromatic amines is 1. The van der Waals surface area contributed by atoms with E-state index in [2.05, 4.69) is 24.5 Å². The first-order valence-electron chi connectivity index (χ1n) is 11.1. The topological polar surface area (TPSA) is 123 Å². The predicted molar refractivity (Wildman–Crippen MR) is 125 cm³/mol. The van der Waals surface area contributed by atoms with Crippen LogP contribution < -0.4 is 19.9 Å². The number of imidazole rings is 1. The highest BCUT2D eigenvalue weighted by Crippen LogP contribution is 2.42. The van der Waals surface area contributed by atoms with Gasteiger partial charge in [-0.15, -0.1) is 8.78 Å². The molecule has 2 aromatic carbocycles. The molecule has 12 heteroatoms. The summed E-state index contributed by atoms with van der Waals surface area (Å²) in [5.74, 6) is -0.832. The Morgan fingerprint density at radius 3 is 2.72 bits per heavy atom. The van der Waals surface area contributed by atoms with Crippen molar-refractivity contribution in [3.05, 3.63) is 64.2 Å². The zero-order valence-corrected chi connectivity index (χ0v) is 19.3. The zero-order valence-electron chi connectivity index (χ0n) is 19.3. The first-order chi connectivity index (χ1) is 17.2. The molecule has 1 amide bonds. The minimum absolute atomic E-state index is 0.139. The number of aliphatic hydroxyl groups excluding tert-OH is 1.